The van der Waals surface area contributed by atoms with Crippen LogP contribution in [0.5, 0.6) is 0 Å². The van der Waals surface area contributed by atoms with Crippen LogP contribution in [0.15, 0.2) is 18.2 Å². The molecule has 0 saturated carbocycles. The molecule has 0 atom stereocenters. The van der Waals surface area contributed by atoms with Crippen LogP contribution in [0, 0.1) is 18.3 Å². The highest BCUT2D eigenvalue weighted by Crippen LogP contribution is 2.29. The van der Waals surface area contributed by atoms with E-state index < -0.39 is 0 Å². The summed E-state index contributed by atoms with van der Waals surface area (Å²) in [7, 11) is 0. The maximum absolute atomic E-state index is 11.6. The number of carbonyl (C=O) groups is 1. The molecule has 0 saturated heterocycles. The molecule has 0 radical (unpaired) electrons. The van der Waals surface area contributed by atoms with Crippen LogP contribution in [0.3, 0.4) is 0 Å². The van der Waals surface area contributed by atoms with Gasteiger partial charge in [-0.15, -0.1) is 11.6 Å². The summed E-state index contributed by atoms with van der Waals surface area (Å²) in [6.45, 7) is 1.77. The Morgan fingerprint density at radius 2 is 2.25 bits per heavy atom. The van der Waals surface area contributed by atoms with Crippen LogP contribution in [0.25, 0.3) is 0 Å². The number of amides is 1. The molecule has 0 aliphatic heterocycles. The summed E-state index contributed by atoms with van der Waals surface area (Å²) >= 11 is 11.5. The molecule has 1 aromatic carbocycles. The summed E-state index contributed by atoms with van der Waals surface area (Å²) in [6, 6.07) is 7.22. The lowest BCUT2D eigenvalue weighted by atomic mass is 10.2. The normalized spacial score (nSPS) is 9.62. The Bertz CT molecular complexity index is 420. The van der Waals surface area contributed by atoms with Crippen LogP contribution in [0.2, 0.25) is 5.02 Å². The van der Waals surface area contributed by atoms with Crippen LogP contribution >= 0.6 is 23.2 Å². The van der Waals surface area contributed by atoms with Crippen LogP contribution in [0.4, 0.5) is 5.69 Å². The van der Waals surface area contributed by atoms with Crippen molar-refractivity contribution in [2.45, 2.75) is 6.92 Å². The van der Waals surface area contributed by atoms with Gasteiger partial charge >= 0.3 is 0 Å². The van der Waals surface area contributed by atoms with Gasteiger partial charge in [0, 0.05) is 0 Å². The van der Waals surface area contributed by atoms with Crippen molar-refractivity contribution in [2.75, 3.05) is 17.3 Å². The molecule has 0 aliphatic rings. The number of carbonyl (C=O) groups excluding carboxylic acids is 1. The Morgan fingerprint density at radius 1 is 1.56 bits per heavy atom. The van der Waals surface area contributed by atoms with Gasteiger partial charge < -0.3 is 0 Å². The molecule has 84 valence electrons. The van der Waals surface area contributed by atoms with E-state index in [1.807, 2.05) is 19.1 Å². The third-order valence-electron chi connectivity index (χ3n) is 2.10. The monoisotopic (exact) mass is 256 g/mol. The van der Waals surface area contributed by atoms with Crippen molar-refractivity contribution >= 4 is 34.8 Å². The number of benzene rings is 1. The molecule has 1 amide bonds. The molecular weight excluding hydrogens is 247 g/mol. The standard InChI is InChI=1S/C11H10Cl2N2O/c1-8-3-2-4-9(13)11(8)15(6-5-14)10(16)7-12/h2-4H,6-7H2,1H3. The van der Waals surface area contributed by atoms with E-state index in [4.69, 9.17) is 28.5 Å². The molecule has 16 heavy (non-hydrogen) atoms. The Morgan fingerprint density at radius 3 is 2.75 bits per heavy atom. The van der Waals surface area contributed by atoms with Crippen molar-refractivity contribution in [2.24, 2.45) is 0 Å². The number of para-hydroxylation sites is 1. The van der Waals surface area contributed by atoms with Gasteiger partial charge in [-0.3, -0.25) is 9.69 Å². The number of anilines is 1. The second kappa shape index (κ2) is 5.74. The molecule has 0 spiro atoms. The molecule has 0 heterocycles. The number of rotatable bonds is 3. The van der Waals surface area contributed by atoms with E-state index in [0.29, 0.717) is 10.7 Å². The van der Waals surface area contributed by atoms with Gasteiger partial charge in [-0.2, -0.15) is 5.26 Å². The second-order valence-corrected chi connectivity index (χ2v) is 3.85. The topological polar surface area (TPSA) is 44.1 Å². The van der Waals surface area contributed by atoms with E-state index in [1.54, 1.807) is 12.1 Å². The molecule has 5 heteroatoms. The maximum Gasteiger partial charge on any atom is 0.242 e. The Hall–Kier alpha value is -1.24. The van der Waals surface area contributed by atoms with E-state index in [0.717, 1.165) is 5.56 Å². The van der Waals surface area contributed by atoms with Crippen LogP contribution in [-0.2, 0) is 4.79 Å². The van der Waals surface area contributed by atoms with E-state index in [9.17, 15) is 4.79 Å². The first-order valence-electron chi connectivity index (χ1n) is 4.60. The minimum atomic E-state index is -0.334. The molecule has 0 aliphatic carbocycles. The molecule has 0 aromatic heterocycles. The number of hydrogen-bond donors (Lipinski definition) is 0. The zero-order valence-corrected chi connectivity index (χ0v) is 10.2. The van der Waals surface area contributed by atoms with Gasteiger partial charge in [0.25, 0.3) is 0 Å². The second-order valence-electron chi connectivity index (χ2n) is 3.18. The van der Waals surface area contributed by atoms with E-state index in [-0.39, 0.29) is 18.3 Å². The third kappa shape index (κ3) is 2.66. The Labute approximate surface area is 104 Å². The van der Waals surface area contributed by atoms with Crippen molar-refractivity contribution in [3.8, 4) is 6.07 Å². The van der Waals surface area contributed by atoms with Gasteiger partial charge in [-0.25, -0.2) is 0 Å². The summed E-state index contributed by atoms with van der Waals surface area (Å²) in [5.41, 5.74) is 1.39. The fourth-order valence-electron chi connectivity index (χ4n) is 1.40. The minimum Gasteiger partial charge on any atom is -0.296 e. The molecule has 0 bridgehead atoms. The van der Waals surface area contributed by atoms with Crippen LogP contribution in [0.1, 0.15) is 5.56 Å². The number of alkyl halides is 1. The summed E-state index contributed by atoms with van der Waals surface area (Å²) in [6.07, 6.45) is 0. The molecule has 1 aromatic rings. The first kappa shape index (κ1) is 12.8. The van der Waals surface area contributed by atoms with Gasteiger partial charge in [0.15, 0.2) is 0 Å². The smallest absolute Gasteiger partial charge is 0.242 e. The van der Waals surface area contributed by atoms with E-state index in [1.165, 1.54) is 4.90 Å². The molecule has 0 N–H and O–H groups in total. The first-order valence-corrected chi connectivity index (χ1v) is 5.51. The fraction of sp³-hybridized carbons (Fsp3) is 0.273. The number of aryl methyl sites for hydroxylation is 1. The Balaban J connectivity index is 3.21. The van der Waals surface area contributed by atoms with Crippen LogP contribution < -0.4 is 4.90 Å². The lowest BCUT2D eigenvalue weighted by Crippen LogP contribution is -2.33. The SMILES string of the molecule is Cc1cccc(Cl)c1N(CC#N)C(=O)CCl. The largest absolute Gasteiger partial charge is 0.296 e. The average molecular weight is 257 g/mol. The van der Waals surface area contributed by atoms with Gasteiger partial charge in [0.2, 0.25) is 5.91 Å². The van der Waals surface area contributed by atoms with Crippen LogP contribution in [-0.4, -0.2) is 18.3 Å². The quantitative estimate of drug-likeness (QED) is 0.617. The maximum atomic E-state index is 11.6. The summed E-state index contributed by atoms with van der Waals surface area (Å²) in [5.74, 6) is -0.508. The summed E-state index contributed by atoms with van der Waals surface area (Å²) in [4.78, 5) is 12.9. The highest BCUT2D eigenvalue weighted by molar-refractivity contribution is 6.35. The zero-order chi connectivity index (χ0) is 12.1. The predicted molar refractivity (Wildman–Crippen MR) is 64.9 cm³/mol. The minimum absolute atomic E-state index is 0.0594. The van der Waals surface area contributed by atoms with Gasteiger partial charge in [0.1, 0.15) is 12.4 Å². The van der Waals surface area contributed by atoms with Crippen molar-refractivity contribution in [1.29, 1.82) is 5.26 Å². The van der Waals surface area contributed by atoms with E-state index in [2.05, 4.69) is 0 Å². The first-order chi connectivity index (χ1) is 7.61. The Kier molecular flexibility index (Phi) is 4.60. The summed E-state index contributed by atoms with van der Waals surface area (Å²) in [5, 5.41) is 9.13. The van der Waals surface area contributed by atoms with Gasteiger partial charge in [-0.1, -0.05) is 23.7 Å². The van der Waals surface area contributed by atoms with Crippen molar-refractivity contribution in [3.63, 3.8) is 0 Å². The highest BCUT2D eigenvalue weighted by Gasteiger charge is 2.18. The number of hydrogen-bond acceptors (Lipinski definition) is 2. The third-order valence-corrected chi connectivity index (χ3v) is 2.64. The zero-order valence-electron chi connectivity index (χ0n) is 8.70. The van der Waals surface area contributed by atoms with Crippen molar-refractivity contribution in [3.05, 3.63) is 28.8 Å². The lowest BCUT2D eigenvalue weighted by molar-refractivity contribution is -0.116. The molecule has 0 fully saturated rings. The molecular formula is C11H10Cl2N2O. The van der Waals surface area contributed by atoms with Gasteiger partial charge in [-0.05, 0) is 18.6 Å². The van der Waals surface area contributed by atoms with Gasteiger partial charge in [0.05, 0.1) is 16.8 Å². The average Bonchev–Trinajstić information content (AvgIpc) is 2.26. The van der Waals surface area contributed by atoms with Crippen molar-refractivity contribution in [1.82, 2.24) is 0 Å². The van der Waals surface area contributed by atoms with Crippen molar-refractivity contribution < 1.29 is 4.79 Å². The molecule has 3 nitrogen and oxygen atoms in total. The number of nitrogens with zero attached hydrogens (tertiary/aromatic N) is 2. The van der Waals surface area contributed by atoms with E-state index >= 15 is 0 Å². The molecule has 0 unspecified atom stereocenters. The fourth-order valence-corrected chi connectivity index (χ4v) is 1.87. The lowest BCUT2D eigenvalue weighted by Gasteiger charge is -2.21. The number of nitriles is 1. The number of halogens is 2. The predicted octanol–water partition coefficient (Wildman–Crippen LogP) is 2.74. The highest BCUT2D eigenvalue weighted by atomic mass is 35.5. The molecule has 1 rings (SSSR count). The summed E-state index contributed by atoms with van der Waals surface area (Å²) < 4.78 is 0.